The van der Waals surface area contributed by atoms with Gasteiger partial charge < -0.3 is 15.0 Å². The van der Waals surface area contributed by atoms with Crippen LogP contribution in [-0.4, -0.2) is 42.5 Å². The van der Waals surface area contributed by atoms with Crippen molar-refractivity contribution in [3.8, 4) is 5.75 Å². The van der Waals surface area contributed by atoms with Crippen LogP contribution in [0.25, 0.3) is 0 Å². The molecular formula is C16H21N3O4. The third-order valence-electron chi connectivity index (χ3n) is 4.51. The number of benzene rings is 1. The van der Waals surface area contributed by atoms with Crippen LogP contribution in [0.1, 0.15) is 19.3 Å². The molecule has 1 saturated carbocycles. The molecule has 1 amide bonds. The number of anilines is 1. The van der Waals surface area contributed by atoms with Crippen molar-refractivity contribution in [1.82, 2.24) is 4.90 Å². The highest BCUT2D eigenvalue weighted by molar-refractivity contribution is 5.81. The summed E-state index contributed by atoms with van der Waals surface area (Å²) in [5, 5.41) is 14.3. The van der Waals surface area contributed by atoms with Gasteiger partial charge in [0.15, 0.2) is 0 Å². The number of nitrogens with zero attached hydrogens (tertiary/aromatic N) is 2. The predicted molar refractivity (Wildman–Crippen MR) is 85.5 cm³/mol. The topological polar surface area (TPSA) is 84.7 Å². The highest BCUT2D eigenvalue weighted by Gasteiger charge is 2.36. The summed E-state index contributed by atoms with van der Waals surface area (Å²) in [7, 11) is 1.48. The SMILES string of the molecule is COc1ccc(NCC2CCN(C(=O)C3CC3)C2)c([N+](=O)[O-])c1. The van der Waals surface area contributed by atoms with Crippen molar-refractivity contribution in [2.45, 2.75) is 19.3 Å². The zero-order valence-electron chi connectivity index (χ0n) is 13.2. The first-order valence-electron chi connectivity index (χ1n) is 7.93. The molecule has 23 heavy (non-hydrogen) atoms. The predicted octanol–water partition coefficient (Wildman–Crippen LogP) is 2.27. The molecule has 1 aliphatic heterocycles. The van der Waals surface area contributed by atoms with Gasteiger partial charge in [-0.1, -0.05) is 0 Å². The van der Waals surface area contributed by atoms with Gasteiger partial charge in [0.2, 0.25) is 5.91 Å². The molecule has 0 radical (unpaired) electrons. The van der Waals surface area contributed by atoms with E-state index in [-0.39, 0.29) is 17.5 Å². The van der Waals surface area contributed by atoms with Gasteiger partial charge in [0.1, 0.15) is 11.4 Å². The number of methoxy groups -OCH3 is 1. The third-order valence-corrected chi connectivity index (χ3v) is 4.51. The molecule has 2 fully saturated rings. The summed E-state index contributed by atoms with van der Waals surface area (Å²) in [5.74, 6) is 1.33. The van der Waals surface area contributed by atoms with E-state index < -0.39 is 4.92 Å². The summed E-state index contributed by atoms with van der Waals surface area (Å²) in [4.78, 5) is 24.7. The van der Waals surface area contributed by atoms with E-state index in [1.165, 1.54) is 13.2 Å². The number of carbonyl (C=O) groups is 1. The Morgan fingerprint density at radius 1 is 1.43 bits per heavy atom. The molecule has 7 nitrogen and oxygen atoms in total. The molecule has 3 rings (SSSR count). The van der Waals surface area contributed by atoms with Gasteiger partial charge in [0.05, 0.1) is 18.1 Å². The van der Waals surface area contributed by atoms with Gasteiger partial charge in [-0.2, -0.15) is 0 Å². The van der Waals surface area contributed by atoms with Crippen LogP contribution in [0.4, 0.5) is 11.4 Å². The number of carbonyl (C=O) groups excluding carboxylic acids is 1. The van der Waals surface area contributed by atoms with E-state index in [9.17, 15) is 14.9 Å². The minimum Gasteiger partial charge on any atom is -0.496 e. The number of ether oxygens (including phenoxy) is 1. The maximum atomic E-state index is 12.0. The summed E-state index contributed by atoms with van der Waals surface area (Å²) >= 11 is 0. The normalized spacial score (nSPS) is 20.4. The van der Waals surface area contributed by atoms with Gasteiger partial charge in [-0.15, -0.1) is 0 Å². The number of nitro groups is 1. The first kappa shape index (κ1) is 15.6. The number of nitrogens with one attached hydrogen (secondary N) is 1. The number of nitro benzene ring substituents is 1. The Kier molecular flexibility index (Phi) is 4.36. The van der Waals surface area contributed by atoms with E-state index in [0.29, 0.717) is 23.9 Å². The van der Waals surface area contributed by atoms with Gasteiger partial charge in [-0.3, -0.25) is 14.9 Å². The molecule has 7 heteroatoms. The van der Waals surface area contributed by atoms with Gasteiger partial charge in [0.25, 0.3) is 5.69 Å². The Morgan fingerprint density at radius 2 is 2.22 bits per heavy atom. The lowest BCUT2D eigenvalue weighted by Crippen LogP contribution is -2.30. The number of likely N-dealkylation sites (tertiary alicyclic amines) is 1. The highest BCUT2D eigenvalue weighted by atomic mass is 16.6. The summed E-state index contributed by atoms with van der Waals surface area (Å²) in [5.41, 5.74) is 0.496. The zero-order chi connectivity index (χ0) is 16.4. The van der Waals surface area contributed by atoms with E-state index in [0.717, 1.165) is 32.4 Å². The molecule has 1 aromatic rings. The molecule has 1 unspecified atom stereocenters. The number of amides is 1. The lowest BCUT2D eigenvalue weighted by molar-refractivity contribution is -0.384. The van der Waals surface area contributed by atoms with E-state index >= 15 is 0 Å². The van der Waals surface area contributed by atoms with E-state index in [1.54, 1.807) is 12.1 Å². The monoisotopic (exact) mass is 319 g/mol. The minimum atomic E-state index is -0.414. The molecular weight excluding hydrogens is 298 g/mol. The summed E-state index contributed by atoms with van der Waals surface area (Å²) < 4.78 is 5.03. The number of rotatable bonds is 6. The van der Waals surface area contributed by atoms with Crippen LogP contribution in [0.2, 0.25) is 0 Å². The second-order valence-corrected chi connectivity index (χ2v) is 6.23. The van der Waals surface area contributed by atoms with E-state index in [4.69, 9.17) is 4.74 Å². The van der Waals surface area contributed by atoms with E-state index in [1.807, 2.05) is 4.90 Å². The van der Waals surface area contributed by atoms with Crippen molar-refractivity contribution in [3.63, 3.8) is 0 Å². The standard InChI is InChI=1S/C16H21N3O4/c1-23-13-4-5-14(15(8-13)19(21)22)17-9-11-6-7-18(10-11)16(20)12-2-3-12/h4-5,8,11-12,17H,2-3,6-7,9-10H2,1H3. The lowest BCUT2D eigenvalue weighted by atomic mass is 10.1. The van der Waals surface area contributed by atoms with Gasteiger partial charge >= 0.3 is 0 Å². The molecule has 1 aliphatic carbocycles. The van der Waals surface area contributed by atoms with Gasteiger partial charge in [0, 0.05) is 25.6 Å². The summed E-state index contributed by atoms with van der Waals surface area (Å²) in [6.07, 6.45) is 2.99. The van der Waals surface area contributed by atoms with Crippen molar-refractivity contribution in [2.24, 2.45) is 11.8 Å². The zero-order valence-corrected chi connectivity index (χ0v) is 13.2. The smallest absolute Gasteiger partial charge is 0.296 e. The Morgan fingerprint density at radius 3 is 2.87 bits per heavy atom. The molecule has 124 valence electrons. The first-order valence-corrected chi connectivity index (χ1v) is 7.93. The largest absolute Gasteiger partial charge is 0.496 e. The molecule has 0 spiro atoms. The van der Waals surface area contributed by atoms with Crippen LogP contribution in [-0.2, 0) is 4.79 Å². The maximum Gasteiger partial charge on any atom is 0.296 e. The van der Waals surface area contributed by atoms with Crippen molar-refractivity contribution >= 4 is 17.3 Å². The molecule has 2 aliphatic rings. The van der Waals surface area contributed by atoms with Crippen molar-refractivity contribution in [1.29, 1.82) is 0 Å². The first-order chi connectivity index (χ1) is 11.1. The summed E-state index contributed by atoms with van der Waals surface area (Å²) in [6.45, 7) is 2.17. The quantitative estimate of drug-likeness (QED) is 0.642. The number of hydrogen-bond donors (Lipinski definition) is 1. The molecule has 1 atom stereocenters. The summed E-state index contributed by atoms with van der Waals surface area (Å²) in [6, 6.07) is 4.78. The molecule has 0 bridgehead atoms. The Labute approximate surface area is 134 Å². The molecule has 0 aromatic heterocycles. The van der Waals surface area contributed by atoms with Gasteiger partial charge in [-0.25, -0.2) is 0 Å². The lowest BCUT2D eigenvalue weighted by Gasteiger charge is -2.17. The van der Waals surface area contributed by atoms with Crippen LogP contribution < -0.4 is 10.1 Å². The van der Waals surface area contributed by atoms with Crippen molar-refractivity contribution in [3.05, 3.63) is 28.3 Å². The van der Waals surface area contributed by atoms with Crippen molar-refractivity contribution < 1.29 is 14.5 Å². The average molecular weight is 319 g/mol. The molecule has 1 saturated heterocycles. The fourth-order valence-corrected chi connectivity index (χ4v) is 2.98. The van der Waals surface area contributed by atoms with E-state index in [2.05, 4.69) is 5.32 Å². The Bertz CT molecular complexity index is 615. The van der Waals surface area contributed by atoms with Crippen LogP contribution in [0.5, 0.6) is 5.75 Å². The second kappa shape index (κ2) is 6.44. The van der Waals surface area contributed by atoms with Crippen LogP contribution >= 0.6 is 0 Å². The molecule has 1 N–H and O–H groups in total. The maximum absolute atomic E-state index is 12.0. The fraction of sp³-hybridized carbons (Fsp3) is 0.562. The third kappa shape index (κ3) is 3.55. The van der Waals surface area contributed by atoms with Gasteiger partial charge in [-0.05, 0) is 37.3 Å². The fourth-order valence-electron chi connectivity index (χ4n) is 2.98. The molecule has 1 aromatic carbocycles. The van der Waals surface area contributed by atoms with Crippen LogP contribution in [0.3, 0.4) is 0 Å². The molecule has 1 heterocycles. The van der Waals surface area contributed by atoms with Crippen LogP contribution in [0.15, 0.2) is 18.2 Å². The second-order valence-electron chi connectivity index (χ2n) is 6.23. The highest BCUT2D eigenvalue weighted by Crippen LogP contribution is 2.33. The average Bonchev–Trinajstić information content (AvgIpc) is 3.30. The minimum absolute atomic E-state index is 0.00765. The Balaban J connectivity index is 1.58. The number of hydrogen-bond acceptors (Lipinski definition) is 5. The van der Waals surface area contributed by atoms with Crippen molar-refractivity contribution in [2.75, 3.05) is 32.1 Å². The van der Waals surface area contributed by atoms with Crippen LogP contribution in [0, 0.1) is 22.0 Å². The Hall–Kier alpha value is -2.31.